The number of rotatable bonds is 3. The lowest BCUT2D eigenvalue weighted by atomic mass is 10.0. The van der Waals surface area contributed by atoms with E-state index >= 15 is 0 Å². The Morgan fingerprint density at radius 2 is 2.07 bits per heavy atom. The number of methoxy groups -OCH3 is 1. The second kappa shape index (κ2) is 7.65. The molecule has 1 aliphatic rings. The average Bonchev–Trinajstić information content (AvgIpc) is 2.95. The van der Waals surface area contributed by atoms with Crippen molar-refractivity contribution < 1.29 is 14.6 Å². The monoisotopic (exact) mass is 429 g/mol. The van der Waals surface area contributed by atoms with Crippen molar-refractivity contribution in [1.29, 1.82) is 0 Å². The third-order valence-electron chi connectivity index (χ3n) is 4.88. The molecule has 0 saturated carbocycles. The maximum atomic E-state index is 12.7. The minimum absolute atomic E-state index is 0.0729. The minimum Gasteiger partial charge on any atom is -0.504 e. The SMILES string of the molecule is COc1cc(C2SC(C)C(=O)Nc3c2c(C)nn3-c2cccc(Cl)c2)ccc1O. The Balaban J connectivity index is 1.91. The van der Waals surface area contributed by atoms with Gasteiger partial charge in [-0.2, -0.15) is 5.10 Å². The number of thioether (sulfide) groups is 1. The second-order valence-corrected chi connectivity index (χ2v) is 8.71. The quantitative estimate of drug-likeness (QED) is 0.630. The molecule has 0 spiro atoms. The highest BCUT2D eigenvalue weighted by Crippen LogP contribution is 2.47. The molecule has 2 unspecified atom stereocenters. The van der Waals surface area contributed by atoms with Gasteiger partial charge in [0.25, 0.3) is 0 Å². The molecule has 0 saturated heterocycles. The summed E-state index contributed by atoms with van der Waals surface area (Å²) in [6, 6.07) is 12.6. The number of aryl methyl sites for hydroxylation is 1. The van der Waals surface area contributed by atoms with Crippen molar-refractivity contribution in [2.75, 3.05) is 12.4 Å². The van der Waals surface area contributed by atoms with E-state index in [4.69, 9.17) is 16.3 Å². The van der Waals surface area contributed by atoms with Crippen LogP contribution in [0.4, 0.5) is 5.82 Å². The van der Waals surface area contributed by atoms with Gasteiger partial charge in [0.1, 0.15) is 5.82 Å². The van der Waals surface area contributed by atoms with Crippen LogP contribution < -0.4 is 10.1 Å². The molecule has 1 aliphatic heterocycles. The molecule has 150 valence electrons. The number of hydrogen-bond acceptors (Lipinski definition) is 5. The molecular formula is C21H20ClN3O3S. The van der Waals surface area contributed by atoms with Crippen LogP contribution in [0.1, 0.15) is 29.0 Å². The smallest absolute Gasteiger partial charge is 0.238 e. The molecule has 2 atom stereocenters. The summed E-state index contributed by atoms with van der Waals surface area (Å²) < 4.78 is 7.00. The molecule has 0 radical (unpaired) electrons. The Morgan fingerprint density at radius 1 is 1.28 bits per heavy atom. The summed E-state index contributed by atoms with van der Waals surface area (Å²) in [6.45, 7) is 3.80. The van der Waals surface area contributed by atoms with Gasteiger partial charge >= 0.3 is 0 Å². The van der Waals surface area contributed by atoms with Crippen molar-refractivity contribution in [2.45, 2.75) is 24.3 Å². The van der Waals surface area contributed by atoms with E-state index < -0.39 is 0 Å². The van der Waals surface area contributed by atoms with E-state index in [1.165, 1.54) is 18.9 Å². The highest BCUT2D eigenvalue weighted by Gasteiger charge is 2.34. The fourth-order valence-electron chi connectivity index (χ4n) is 3.42. The Kier molecular flexibility index (Phi) is 5.19. The van der Waals surface area contributed by atoms with Gasteiger partial charge in [0.15, 0.2) is 11.5 Å². The third kappa shape index (κ3) is 3.56. The topological polar surface area (TPSA) is 76.4 Å². The van der Waals surface area contributed by atoms with Gasteiger partial charge in [-0.15, -0.1) is 11.8 Å². The molecule has 2 N–H and O–H groups in total. The largest absolute Gasteiger partial charge is 0.504 e. The molecule has 4 rings (SSSR count). The van der Waals surface area contributed by atoms with Crippen LogP contribution in [0.3, 0.4) is 0 Å². The van der Waals surface area contributed by atoms with Gasteiger partial charge in [0.2, 0.25) is 5.91 Å². The van der Waals surface area contributed by atoms with E-state index in [1.807, 2.05) is 32.0 Å². The van der Waals surface area contributed by atoms with Crippen LogP contribution in [0.15, 0.2) is 42.5 Å². The fourth-order valence-corrected chi connectivity index (χ4v) is 4.92. The zero-order chi connectivity index (χ0) is 20.7. The Hall–Kier alpha value is -2.64. The summed E-state index contributed by atoms with van der Waals surface area (Å²) in [5, 5.41) is 17.9. The molecule has 6 nitrogen and oxygen atoms in total. The molecule has 29 heavy (non-hydrogen) atoms. The number of benzene rings is 2. The first-order chi connectivity index (χ1) is 13.9. The van der Waals surface area contributed by atoms with Gasteiger partial charge in [-0.1, -0.05) is 23.7 Å². The summed E-state index contributed by atoms with van der Waals surface area (Å²) in [4.78, 5) is 12.7. The lowest BCUT2D eigenvalue weighted by Crippen LogP contribution is -2.22. The summed E-state index contributed by atoms with van der Waals surface area (Å²) >= 11 is 7.70. The number of amides is 1. The second-order valence-electron chi connectivity index (χ2n) is 6.82. The minimum atomic E-state index is -0.278. The van der Waals surface area contributed by atoms with Crippen LogP contribution in [0.5, 0.6) is 11.5 Å². The number of nitrogens with zero attached hydrogens (tertiary/aromatic N) is 2. The van der Waals surface area contributed by atoms with Crippen LogP contribution in [0, 0.1) is 6.92 Å². The van der Waals surface area contributed by atoms with Crippen molar-refractivity contribution >= 4 is 35.1 Å². The number of anilines is 1. The molecule has 2 heterocycles. The van der Waals surface area contributed by atoms with Gasteiger partial charge in [-0.25, -0.2) is 4.68 Å². The van der Waals surface area contributed by atoms with Gasteiger partial charge in [-0.3, -0.25) is 4.79 Å². The van der Waals surface area contributed by atoms with Gasteiger partial charge in [-0.05, 0) is 49.7 Å². The molecule has 1 amide bonds. The van der Waals surface area contributed by atoms with E-state index in [0.717, 1.165) is 22.5 Å². The van der Waals surface area contributed by atoms with E-state index in [-0.39, 0.29) is 22.2 Å². The number of carbonyl (C=O) groups is 1. The molecule has 0 bridgehead atoms. The molecule has 8 heteroatoms. The number of ether oxygens (including phenoxy) is 1. The Labute approximate surface area is 177 Å². The normalized spacial score (nSPS) is 18.7. The first-order valence-electron chi connectivity index (χ1n) is 9.07. The first-order valence-corrected chi connectivity index (χ1v) is 10.4. The van der Waals surface area contributed by atoms with Crippen LogP contribution in [-0.4, -0.2) is 33.2 Å². The predicted octanol–water partition coefficient (Wildman–Crippen LogP) is 4.71. The van der Waals surface area contributed by atoms with E-state index in [0.29, 0.717) is 16.6 Å². The maximum Gasteiger partial charge on any atom is 0.238 e. The van der Waals surface area contributed by atoms with Crippen LogP contribution in [-0.2, 0) is 4.79 Å². The maximum absolute atomic E-state index is 12.7. The lowest BCUT2D eigenvalue weighted by molar-refractivity contribution is -0.115. The number of phenols is 1. The van der Waals surface area contributed by atoms with Crippen molar-refractivity contribution in [3.8, 4) is 17.2 Å². The van der Waals surface area contributed by atoms with Crippen LogP contribution in [0.2, 0.25) is 5.02 Å². The van der Waals surface area contributed by atoms with Crippen LogP contribution in [0.25, 0.3) is 5.69 Å². The number of aromatic nitrogens is 2. The van der Waals surface area contributed by atoms with Crippen molar-refractivity contribution in [1.82, 2.24) is 9.78 Å². The summed E-state index contributed by atoms with van der Waals surface area (Å²) in [7, 11) is 1.51. The number of fused-ring (bicyclic) bond motifs is 1. The number of nitrogens with one attached hydrogen (secondary N) is 1. The van der Waals surface area contributed by atoms with Crippen molar-refractivity contribution in [2.24, 2.45) is 0 Å². The summed E-state index contributed by atoms with van der Waals surface area (Å²) in [5.74, 6) is 1.00. The van der Waals surface area contributed by atoms with E-state index in [2.05, 4.69) is 10.4 Å². The number of halogens is 1. The number of hydrogen-bond donors (Lipinski definition) is 2. The summed E-state index contributed by atoms with van der Waals surface area (Å²) in [6.07, 6.45) is 0. The standard InChI is InChI=1S/C21H20ClN3O3S/c1-11-18-19(13-7-8-16(26)17(9-13)28-3)29-12(2)21(27)23-20(18)25(24-11)15-6-4-5-14(22)10-15/h4-10,12,19,26H,1-3H3,(H,23,27). The van der Waals surface area contributed by atoms with Crippen molar-refractivity contribution in [3.05, 3.63) is 64.3 Å². The van der Waals surface area contributed by atoms with Gasteiger partial charge in [0.05, 0.1) is 29.0 Å². The predicted molar refractivity (Wildman–Crippen MR) is 115 cm³/mol. The zero-order valence-electron chi connectivity index (χ0n) is 16.1. The molecular weight excluding hydrogens is 410 g/mol. The molecule has 0 fully saturated rings. The highest BCUT2D eigenvalue weighted by atomic mass is 35.5. The fraction of sp³-hybridized carbons (Fsp3) is 0.238. The Morgan fingerprint density at radius 3 is 2.79 bits per heavy atom. The third-order valence-corrected chi connectivity index (χ3v) is 6.52. The van der Waals surface area contributed by atoms with Gasteiger partial charge < -0.3 is 15.2 Å². The first kappa shape index (κ1) is 19.7. The lowest BCUT2D eigenvalue weighted by Gasteiger charge is -2.18. The molecule has 2 aromatic carbocycles. The van der Waals surface area contributed by atoms with Crippen molar-refractivity contribution in [3.63, 3.8) is 0 Å². The zero-order valence-corrected chi connectivity index (χ0v) is 17.7. The Bertz CT molecular complexity index is 1100. The van der Waals surface area contributed by atoms with Gasteiger partial charge in [0, 0.05) is 10.6 Å². The molecule has 0 aliphatic carbocycles. The number of phenolic OH excluding ortho intramolecular Hbond substituents is 1. The summed E-state index contributed by atoms with van der Waals surface area (Å²) in [5.41, 5.74) is 3.41. The highest BCUT2D eigenvalue weighted by molar-refractivity contribution is 8.01. The van der Waals surface area contributed by atoms with E-state index in [9.17, 15) is 9.90 Å². The van der Waals surface area contributed by atoms with Crippen LogP contribution >= 0.6 is 23.4 Å². The van der Waals surface area contributed by atoms with E-state index in [1.54, 1.807) is 28.9 Å². The number of aromatic hydroxyl groups is 1. The molecule has 1 aromatic heterocycles. The molecule has 3 aromatic rings. The average molecular weight is 430 g/mol. The number of carbonyl (C=O) groups excluding carboxylic acids is 1.